The highest BCUT2D eigenvalue weighted by atomic mass is 79.9. The minimum atomic E-state index is -1.00. The Balaban J connectivity index is 2.65. The van der Waals surface area contributed by atoms with E-state index >= 15 is 0 Å². The Labute approximate surface area is 90.4 Å². The molecule has 0 unspecified atom stereocenters. The molecule has 0 bridgehead atoms. The molecule has 0 saturated carbocycles. The first-order valence-corrected chi connectivity index (χ1v) is 5.28. The molecule has 0 atom stereocenters. The van der Waals surface area contributed by atoms with Gasteiger partial charge >= 0.3 is 0 Å². The molecular formula is C11H9BrO2. The minimum Gasteiger partial charge on any atom is -0.292 e. The van der Waals surface area contributed by atoms with E-state index in [9.17, 15) is 9.59 Å². The summed E-state index contributed by atoms with van der Waals surface area (Å²) in [4.78, 5) is 23.8. The van der Waals surface area contributed by atoms with Gasteiger partial charge in [-0.25, -0.2) is 0 Å². The molecule has 14 heavy (non-hydrogen) atoms. The van der Waals surface area contributed by atoms with Gasteiger partial charge < -0.3 is 0 Å². The third kappa shape index (κ3) is 1.02. The fourth-order valence-corrected chi connectivity index (χ4v) is 2.16. The lowest BCUT2D eigenvalue weighted by Crippen LogP contribution is -2.33. The molecule has 0 fully saturated rings. The number of carbonyl (C=O) groups excluding carboxylic acids is 2. The fraction of sp³-hybridized carbons (Fsp3) is 0.273. The van der Waals surface area contributed by atoms with Crippen molar-refractivity contribution >= 4 is 27.5 Å². The lowest BCUT2D eigenvalue weighted by Gasteiger charge is -2.14. The largest absolute Gasteiger partial charge is 0.292 e. The number of rotatable bonds is 1. The molecule has 1 aliphatic carbocycles. The molecule has 3 heteroatoms. The number of alkyl halides is 1. The molecule has 0 heterocycles. The van der Waals surface area contributed by atoms with Crippen LogP contribution in [0.3, 0.4) is 0 Å². The Hall–Kier alpha value is -0.960. The summed E-state index contributed by atoms with van der Waals surface area (Å²) in [7, 11) is 0. The van der Waals surface area contributed by atoms with Gasteiger partial charge in [0.25, 0.3) is 0 Å². The molecule has 0 radical (unpaired) electrons. The predicted octanol–water partition coefficient (Wildman–Crippen LogP) is 2.61. The number of Topliss-reactive ketones (excluding diaryl/α,β-unsaturated/α-hetero) is 2. The van der Waals surface area contributed by atoms with Crippen molar-refractivity contribution in [3.05, 3.63) is 35.4 Å². The third-order valence-corrected chi connectivity index (χ3v) is 3.90. The van der Waals surface area contributed by atoms with Gasteiger partial charge in [0.1, 0.15) is 0 Å². The molecule has 0 amide bonds. The van der Waals surface area contributed by atoms with Crippen molar-refractivity contribution in [1.82, 2.24) is 0 Å². The normalized spacial score (nSPS) is 18.4. The van der Waals surface area contributed by atoms with E-state index in [0.29, 0.717) is 17.5 Å². The van der Waals surface area contributed by atoms with Crippen molar-refractivity contribution in [1.29, 1.82) is 0 Å². The SMILES string of the molecule is CCC1(Br)C(=O)c2ccccc2C1=O. The summed E-state index contributed by atoms with van der Waals surface area (Å²) < 4.78 is -1.00. The summed E-state index contributed by atoms with van der Waals surface area (Å²) in [6.07, 6.45) is 0.485. The van der Waals surface area contributed by atoms with Crippen molar-refractivity contribution in [2.24, 2.45) is 0 Å². The molecule has 1 aliphatic rings. The van der Waals surface area contributed by atoms with Crippen molar-refractivity contribution < 1.29 is 9.59 Å². The summed E-state index contributed by atoms with van der Waals surface area (Å²) in [5.41, 5.74) is 1.08. The van der Waals surface area contributed by atoms with E-state index < -0.39 is 4.32 Å². The zero-order valence-electron chi connectivity index (χ0n) is 7.71. The van der Waals surface area contributed by atoms with Crippen LogP contribution in [0.2, 0.25) is 0 Å². The number of hydrogen-bond donors (Lipinski definition) is 0. The summed E-state index contributed by atoms with van der Waals surface area (Å²) in [6, 6.07) is 6.96. The van der Waals surface area contributed by atoms with Gasteiger partial charge in [0.05, 0.1) is 0 Å². The lowest BCUT2D eigenvalue weighted by molar-refractivity contribution is 0.0869. The van der Waals surface area contributed by atoms with E-state index in [1.54, 1.807) is 24.3 Å². The van der Waals surface area contributed by atoms with E-state index in [1.165, 1.54) is 0 Å². The maximum absolute atomic E-state index is 11.9. The molecular weight excluding hydrogens is 244 g/mol. The van der Waals surface area contributed by atoms with Crippen LogP contribution in [0.4, 0.5) is 0 Å². The van der Waals surface area contributed by atoms with Gasteiger partial charge in [-0.05, 0) is 6.42 Å². The number of halogens is 1. The number of benzene rings is 1. The highest BCUT2D eigenvalue weighted by molar-refractivity contribution is 9.10. The van der Waals surface area contributed by atoms with Gasteiger partial charge in [0.15, 0.2) is 15.9 Å². The second-order valence-electron chi connectivity index (χ2n) is 3.36. The summed E-state index contributed by atoms with van der Waals surface area (Å²) >= 11 is 3.26. The maximum atomic E-state index is 11.9. The van der Waals surface area contributed by atoms with Gasteiger partial charge in [-0.2, -0.15) is 0 Å². The number of hydrogen-bond acceptors (Lipinski definition) is 2. The van der Waals surface area contributed by atoms with Gasteiger partial charge in [-0.15, -0.1) is 0 Å². The average molecular weight is 253 g/mol. The molecule has 2 rings (SSSR count). The van der Waals surface area contributed by atoms with Crippen LogP contribution in [0, 0.1) is 0 Å². The monoisotopic (exact) mass is 252 g/mol. The van der Waals surface area contributed by atoms with E-state index in [2.05, 4.69) is 15.9 Å². The zero-order chi connectivity index (χ0) is 10.3. The van der Waals surface area contributed by atoms with Crippen LogP contribution in [0.25, 0.3) is 0 Å². The molecule has 0 saturated heterocycles. The molecule has 0 aromatic heterocycles. The van der Waals surface area contributed by atoms with Crippen molar-refractivity contribution in [2.45, 2.75) is 17.7 Å². The third-order valence-electron chi connectivity index (χ3n) is 2.62. The Morgan fingerprint density at radius 2 is 1.57 bits per heavy atom. The van der Waals surface area contributed by atoms with Gasteiger partial charge in [0.2, 0.25) is 0 Å². The van der Waals surface area contributed by atoms with Gasteiger partial charge in [-0.1, -0.05) is 47.1 Å². The van der Waals surface area contributed by atoms with Crippen molar-refractivity contribution in [2.75, 3.05) is 0 Å². The van der Waals surface area contributed by atoms with Crippen LogP contribution in [-0.2, 0) is 0 Å². The minimum absolute atomic E-state index is 0.111. The van der Waals surface area contributed by atoms with E-state index in [-0.39, 0.29) is 11.6 Å². The Morgan fingerprint density at radius 1 is 1.14 bits per heavy atom. The van der Waals surface area contributed by atoms with E-state index in [1.807, 2.05) is 6.92 Å². The molecule has 0 spiro atoms. The quantitative estimate of drug-likeness (QED) is 0.569. The molecule has 1 aromatic rings. The summed E-state index contributed by atoms with van der Waals surface area (Å²) in [6.45, 7) is 1.83. The topological polar surface area (TPSA) is 34.1 Å². The molecule has 2 nitrogen and oxygen atoms in total. The van der Waals surface area contributed by atoms with Crippen LogP contribution < -0.4 is 0 Å². The second-order valence-corrected chi connectivity index (χ2v) is 4.71. The smallest absolute Gasteiger partial charge is 0.188 e. The zero-order valence-corrected chi connectivity index (χ0v) is 9.30. The Morgan fingerprint density at radius 3 is 1.93 bits per heavy atom. The second kappa shape index (κ2) is 3.02. The van der Waals surface area contributed by atoms with Crippen LogP contribution in [0.15, 0.2) is 24.3 Å². The van der Waals surface area contributed by atoms with E-state index in [4.69, 9.17) is 0 Å². The van der Waals surface area contributed by atoms with Crippen LogP contribution >= 0.6 is 15.9 Å². The highest BCUT2D eigenvalue weighted by Crippen LogP contribution is 2.38. The molecule has 0 N–H and O–H groups in total. The van der Waals surface area contributed by atoms with Crippen LogP contribution in [0.1, 0.15) is 34.1 Å². The summed E-state index contributed by atoms with van der Waals surface area (Å²) in [5, 5.41) is 0. The van der Waals surface area contributed by atoms with Gasteiger partial charge in [-0.3, -0.25) is 9.59 Å². The summed E-state index contributed by atoms with van der Waals surface area (Å²) in [5.74, 6) is -0.221. The van der Waals surface area contributed by atoms with Crippen molar-refractivity contribution in [3.8, 4) is 0 Å². The number of fused-ring (bicyclic) bond motifs is 1. The fourth-order valence-electron chi connectivity index (χ4n) is 1.73. The van der Waals surface area contributed by atoms with Crippen LogP contribution in [0.5, 0.6) is 0 Å². The van der Waals surface area contributed by atoms with Crippen molar-refractivity contribution in [3.63, 3.8) is 0 Å². The Kier molecular flexibility index (Phi) is 2.07. The lowest BCUT2D eigenvalue weighted by atomic mass is 10.0. The maximum Gasteiger partial charge on any atom is 0.188 e. The molecule has 0 aliphatic heterocycles. The standard InChI is InChI=1S/C11H9BrO2/c1-2-11(12)9(13)7-5-3-4-6-8(7)10(11)14/h3-6H,2H2,1H3. The van der Waals surface area contributed by atoms with Gasteiger partial charge in [0, 0.05) is 11.1 Å². The van der Waals surface area contributed by atoms with E-state index in [0.717, 1.165) is 0 Å². The first-order valence-electron chi connectivity index (χ1n) is 4.49. The average Bonchev–Trinajstić information content (AvgIpc) is 2.43. The Bertz CT molecular complexity index is 388. The first kappa shape index (κ1) is 9.59. The highest BCUT2D eigenvalue weighted by Gasteiger charge is 2.49. The molecule has 72 valence electrons. The first-order chi connectivity index (χ1) is 6.61. The predicted molar refractivity (Wildman–Crippen MR) is 57.1 cm³/mol. The number of carbonyl (C=O) groups is 2. The van der Waals surface area contributed by atoms with Crippen LogP contribution in [-0.4, -0.2) is 15.9 Å². The number of ketones is 2. The molecule has 1 aromatic carbocycles.